The monoisotopic (exact) mass is 333 g/mol. The highest BCUT2D eigenvalue weighted by molar-refractivity contribution is 6.42. The Bertz CT molecular complexity index is 614. The van der Waals surface area contributed by atoms with Crippen LogP contribution in [0.4, 0.5) is 8.78 Å². The van der Waals surface area contributed by atoms with E-state index in [9.17, 15) is 8.78 Å². The zero-order valence-corrected chi connectivity index (χ0v) is 12.9. The van der Waals surface area contributed by atoms with Gasteiger partial charge in [0.15, 0.2) is 0 Å². The summed E-state index contributed by atoms with van der Waals surface area (Å²) in [6.45, 7) is 3.13. The molecule has 0 amide bonds. The summed E-state index contributed by atoms with van der Waals surface area (Å²) in [5.74, 6) is 0. The molecule has 114 valence electrons. The lowest BCUT2D eigenvalue weighted by Crippen LogP contribution is -2.15. The number of aromatic nitrogens is 2. The second kappa shape index (κ2) is 7.20. The van der Waals surface area contributed by atoms with Crippen LogP contribution in [0.25, 0.3) is 5.69 Å². The van der Waals surface area contributed by atoms with Gasteiger partial charge in [-0.25, -0.2) is 13.5 Å². The van der Waals surface area contributed by atoms with Crippen molar-refractivity contribution in [2.75, 3.05) is 6.54 Å². The van der Waals surface area contributed by atoms with Crippen LogP contribution in [-0.4, -0.2) is 16.3 Å². The average Bonchev–Trinajstić information content (AvgIpc) is 2.86. The smallest absolute Gasteiger partial charge is 0.280 e. The van der Waals surface area contributed by atoms with Crippen LogP contribution in [0.3, 0.4) is 0 Å². The molecule has 7 heteroatoms. The SMILES string of the molecule is CCCNCc1cnn(-c2ccc(Cl)c(Cl)c2)c1C(F)F. The number of alkyl halides is 2. The number of rotatable bonds is 6. The van der Waals surface area contributed by atoms with E-state index in [0.29, 0.717) is 27.8 Å². The van der Waals surface area contributed by atoms with Gasteiger partial charge >= 0.3 is 0 Å². The van der Waals surface area contributed by atoms with Crippen LogP contribution in [0.2, 0.25) is 10.0 Å². The minimum Gasteiger partial charge on any atom is -0.313 e. The van der Waals surface area contributed by atoms with Crippen molar-refractivity contribution in [3.05, 3.63) is 45.7 Å². The number of nitrogens with one attached hydrogen (secondary N) is 1. The summed E-state index contributed by atoms with van der Waals surface area (Å²) in [7, 11) is 0. The molecule has 0 aliphatic rings. The Balaban J connectivity index is 2.36. The molecule has 0 fully saturated rings. The second-order valence-corrected chi connectivity index (χ2v) is 5.36. The standard InChI is InChI=1S/C14H15Cl2F2N3/c1-2-5-19-7-9-8-20-21(13(9)14(17)18)10-3-4-11(15)12(16)6-10/h3-4,6,8,14,19H,2,5,7H2,1H3. The first-order chi connectivity index (χ1) is 10.0. The van der Waals surface area contributed by atoms with Crippen LogP contribution in [-0.2, 0) is 6.54 Å². The highest BCUT2D eigenvalue weighted by Crippen LogP contribution is 2.29. The summed E-state index contributed by atoms with van der Waals surface area (Å²) in [4.78, 5) is 0. The first kappa shape index (κ1) is 16.2. The first-order valence-electron chi connectivity index (χ1n) is 6.55. The molecule has 0 atom stereocenters. The molecule has 1 aromatic heterocycles. The maximum atomic E-state index is 13.3. The van der Waals surface area contributed by atoms with E-state index in [-0.39, 0.29) is 5.69 Å². The molecule has 0 aliphatic carbocycles. The number of halogens is 4. The summed E-state index contributed by atoms with van der Waals surface area (Å²) in [6.07, 6.45) is -0.238. The number of hydrogen-bond acceptors (Lipinski definition) is 2. The van der Waals surface area contributed by atoms with Gasteiger partial charge in [-0.15, -0.1) is 0 Å². The topological polar surface area (TPSA) is 29.9 Å². The van der Waals surface area contributed by atoms with Crippen molar-refractivity contribution in [1.82, 2.24) is 15.1 Å². The number of benzene rings is 1. The van der Waals surface area contributed by atoms with Crippen molar-refractivity contribution in [3.8, 4) is 5.69 Å². The summed E-state index contributed by atoms with van der Waals surface area (Å²) in [5.41, 5.74) is 0.808. The molecular formula is C14H15Cl2F2N3. The van der Waals surface area contributed by atoms with Crippen molar-refractivity contribution in [2.45, 2.75) is 26.3 Å². The Labute approximate surface area is 131 Å². The Morgan fingerprint density at radius 3 is 2.67 bits per heavy atom. The molecule has 1 aromatic carbocycles. The third-order valence-corrected chi connectivity index (χ3v) is 3.72. The van der Waals surface area contributed by atoms with E-state index < -0.39 is 6.43 Å². The van der Waals surface area contributed by atoms with Gasteiger partial charge in [0.1, 0.15) is 5.69 Å². The first-order valence-corrected chi connectivity index (χ1v) is 7.31. The van der Waals surface area contributed by atoms with E-state index in [1.165, 1.54) is 16.9 Å². The Kier molecular flexibility index (Phi) is 5.56. The zero-order valence-electron chi connectivity index (χ0n) is 11.4. The van der Waals surface area contributed by atoms with E-state index in [1.807, 2.05) is 6.92 Å². The van der Waals surface area contributed by atoms with E-state index in [1.54, 1.807) is 12.1 Å². The normalized spacial score (nSPS) is 11.3. The number of nitrogens with zero attached hydrogens (tertiary/aromatic N) is 2. The van der Waals surface area contributed by atoms with Crippen LogP contribution in [0.1, 0.15) is 31.0 Å². The molecule has 1 N–H and O–H groups in total. The fourth-order valence-electron chi connectivity index (χ4n) is 1.98. The van der Waals surface area contributed by atoms with Gasteiger partial charge in [-0.1, -0.05) is 30.1 Å². The highest BCUT2D eigenvalue weighted by Gasteiger charge is 2.21. The molecule has 0 bridgehead atoms. The Morgan fingerprint density at radius 1 is 1.29 bits per heavy atom. The molecule has 0 unspecified atom stereocenters. The maximum Gasteiger partial charge on any atom is 0.280 e. The number of hydrogen-bond donors (Lipinski definition) is 1. The Hall–Kier alpha value is -1.17. The lowest BCUT2D eigenvalue weighted by molar-refractivity contribution is 0.141. The van der Waals surface area contributed by atoms with Gasteiger partial charge in [0.05, 0.1) is 21.9 Å². The third kappa shape index (κ3) is 3.73. The maximum absolute atomic E-state index is 13.3. The molecule has 1 heterocycles. The van der Waals surface area contributed by atoms with Gasteiger partial charge < -0.3 is 5.32 Å². The van der Waals surface area contributed by atoms with E-state index in [4.69, 9.17) is 23.2 Å². The fourth-order valence-corrected chi connectivity index (χ4v) is 2.28. The fraction of sp³-hybridized carbons (Fsp3) is 0.357. The largest absolute Gasteiger partial charge is 0.313 e. The summed E-state index contributed by atoms with van der Waals surface area (Å²) < 4.78 is 27.9. The van der Waals surface area contributed by atoms with Gasteiger partial charge in [-0.05, 0) is 31.2 Å². The molecule has 3 nitrogen and oxygen atoms in total. The van der Waals surface area contributed by atoms with Gasteiger partial charge in [0.25, 0.3) is 6.43 Å². The van der Waals surface area contributed by atoms with E-state index in [0.717, 1.165) is 13.0 Å². The predicted octanol–water partition coefficient (Wildman–Crippen LogP) is 4.62. The summed E-state index contributed by atoms with van der Waals surface area (Å²) in [6, 6.07) is 4.69. The molecule has 0 spiro atoms. The molecule has 21 heavy (non-hydrogen) atoms. The van der Waals surface area contributed by atoms with Crippen LogP contribution in [0.15, 0.2) is 24.4 Å². The molecule has 0 radical (unpaired) electrons. The van der Waals surface area contributed by atoms with Crippen LogP contribution < -0.4 is 5.32 Å². The zero-order chi connectivity index (χ0) is 15.4. The lowest BCUT2D eigenvalue weighted by atomic mass is 10.2. The molecule has 0 saturated carbocycles. The molecule has 2 rings (SSSR count). The van der Waals surface area contributed by atoms with E-state index >= 15 is 0 Å². The van der Waals surface area contributed by atoms with Crippen LogP contribution in [0, 0.1) is 0 Å². The third-order valence-electron chi connectivity index (χ3n) is 2.98. The lowest BCUT2D eigenvalue weighted by Gasteiger charge is -2.10. The van der Waals surface area contributed by atoms with Gasteiger partial charge in [0, 0.05) is 12.1 Å². The van der Waals surface area contributed by atoms with Crippen molar-refractivity contribution in [3.63, 3.8) is 0 Å². The van der Waals surface area contributed by atoms with Gasteiger partial charge in [-0.3, -0.25) is 0 Å². The second-order valence-electron chi connectivity index (χ2n) is 4.54. The average molecular weight is 334 g/mol. The van der Waals surface area contributed by atoms with Crippen molar-refractivity contribution in [2.24, 2.45) is 0 Å². The van der Waals surface area contributed by atoms with Crippen LogP contribution in [0.5, 0.6) is 0 Å². The van der Waals surface area contributed by atoms with Gasteiger partial charge in [0.2, 0.25) is 0 Å². The van der Waals surface area contributed by atoms with E-state index in [2.05, 4.69) is 10.4 Å². The Morgan fingerprint density at radius 2 is 2.05 bits per heavy atom. The van der Waals surface area contributed by atoms with Crippen molar-refractivity contribution >= 4 is 23.2 Å². The predicted molar refractivity (Wildman–Crippen MR) is 80.5 cm³/mol. The van der Waals surface area contributed by atoms with Crippen molar-refractivity contribution in [1.29, 1.82) is 0 Å². The molecular weight excluding hydrogens is 319 g/mol. The minimum atomic E-state index is -2.62. The highest BCUT2D eigenvalue weighted by atomic mass is 35.5. The van der Waals surface area contributed by atoms with Crippen molar-refractivity contribution < 1.29 is 8.78 Å². The molecule has 2 aromatic rings. The molecule has 0 aliphatic heterocycles. The molecule has 0 saturated heterocycles. The summed E-state index contributed by atoms with van der Waals surface area (Å²) in [5, 5.41) is 7.82. The quantitative estimate of drug-likeness (QED) is 0.782. The summed E-state index contributed by atoms with van der Waals surface area (Å²) >= 11 is 11.8. The van der Waals surface area contributed by atoms with Crippen LogP contribution >= 0.6 is 23.2 Å². The van der Waals surface area contributed by atoms with Gasteiger partial charge in [-0.2, -0.15) is 5.10 Å². The minimum absolute atomic E-state index is 0.128.